The average Bonchev–Trinajstić information content (AvgIpc) is 2.67. The highest BCUT2D eigenvalue weighted by molar-refractivity contribution is 6.31. The highest BCUT2D eigenvalue weighted by Crippen LogP contribution is 2.31. The lowest BCUT2D eigenvalue weighted by Gasteiger charge is -2.15. The van der Waals surface area contributed by atoms with E-state index in [-0.39, 0.29) is 11.1 Å². The molecule has 82 valence electrons. The molecule has 1 aliphatic carbocycles. The second kappa shape index (κ2) is 4.27. The van der Waals surface area contributed by atoms with Crippen molar-refractivity contribution in [2.45, 2.75) is 31.8 Å². The van der Waals surface area contributed by atoms with Crippen LogP contribution < -0.4 is 10.5 Å². The second-order valence-corrected chi connectivity index (χ2v) is 4.24. The Morgan fingerprint density at radius 1 is 1.33 bits per heavy atom. The Morgan fingerprint density at radius 2 is 2.00 bits per heavy atom. The van der Waals surface area contributed by atoms with E-state index >= 15 is 0 Å². The van der Waals surface area contributed by atoms with E-state index in [9.17, 15) is 4.39 Å². The van der Waals surface area contributed by atoms with Crippen molar-refractivity contribution >= 4 is 17.3 Å². The van der Waals surface area contributed by atoms with E-state index in [1.165, 1.54) is 25.0 Å². The first kappa shape index (κ1) is 10.6. The van der Waals surface area contributed by atoms with Gasteiger partial charge in [0.15, 0.2) is 0 Å². The normalized spacial score (nSPS) is 16.9. The summed E-state index contributed by atoms with van der Waals surface area (Å²) in [5.74, 6) is -0.0127. The highest BCUT2D eigenvalue weighted by Gasteiger charge is 2.18. The van der Waals surface area contributed by atoms with Gasteiger partial charge in [-0.05, 0) is 25.7 Å². The molecule has 1 aliphatic rings. The molecule has 0 aromatic heterocycles. The monoisotopic (exact) mass is 229 g/mol. The standard InChI is InChI=1S/C11H13ClFNO/c12-8-5-11(10(14)6-9(8)13)15-7-3-1-2-4-7/h5-7H,1-4,14H2. The summed E-state index contributed by atoms with van der Waals surface area (Å²) in [4.78, 5) is 0. The fourth-order valence-electron chi connectivity index (χ4n) is 1.83. The van der Waals surface area contributed by atoms with Crippen LogP contribution >= 0.6 is 11.6 Å². The summed E-state index contributed by atoms with van der Waals surface area (Å²) in [6.45, 7) is 0. The zero-order valence-corrected chi connectivity index (χ0v) is 9.06. The Bertz CT molecular complexity index is 364. The number of nitrogen functional groups attached to an aromatic ring is 1. The van der Waals surface area contributed by atoms with Gasteiger partial charge in [-0.15, -0.1) is 0 Å². The molecule has 0 spiro atoms. The first-order valence-corrected chi connectivity index (χ1v) is 5.46. The molecule has 0 aliphatic heterocycles. The van der Waals surface area contributed by atoms with Gasteiger partial charge in [0.05, 0.1) is 16.8 Å². The number of nitrogens with two attached hydrogens (primary N) is 1. The zero-order valence-electron chi connectivity index (χ0n) is 8.30. The van der Waals surface area contributed by atoms with Crippen molar-refractivity contribution in [1.82, 2.24) is 0 Å². The maximum Gasteiger partial charge on any atom is 0.144 e. The van der Waals surface area contributed by atoms with Crippen molar-refractivity contribution in [3.63, 3.8) is 0 Å². The molecule has 0 amide bonds. The number of hydrogen-bond acceptors (Lipinski definition) is 2. The molecule has 0 radical (unpaired) electrons. The minimum absolute atomic E-state index is 0.0530. The van der Waals surface area contributed by atoms with E-state index in [2.05, 4.69) is 0 Å². The molecule has 0 heterocycles. The smallest absolute Gasteiger partial charge is 0.144 e. The molecular formula is C11H13ClFNO. The number of benzene rings is 1. The van der Waals surface area contributed by atoms with Gasteiger partial charge in [0.2, 0.25) is 0 Å². The van der Waals surface area contributed by atoms with Crippen molar-refractivity contribution < 1.29 is 9.13 Å². The molecule has 1 saturated carbocycles. The van der Waals surface area contributed by atoms with E-state index in [1.54, 1.807) is 0 Å². The molecule has 0 atom stereocenters. The van der Waals surface area contributed by atoms with Crippen molar-refractivity contribution in [1.29, 1.82) is 0 Å². The number of halogens is 2. The highest BCUT2D eigenvalue weighted by atomic mass is 35.5. The number of hydrogen-bond donors (Lipinski definition) is 1. The lowest BCUT2D eigenvalue weighted by molar-refractivity contribution is 0.211. The third-order valence-electron chi connectivity index (χ3n) is 2.65. The Labute approximate surface area is 93.2 Å². The molecule has 0 bridgehead atoms. The third-order valence-corrected chi connectivity index (χ3v) is 2.94. The number of anilines is 1. The van der Waals surface area contributed by atoms with Crippen molar-refractivity contribution in [2.75, 3.05) is 5.73 Å². The van der Waals surface area contributed by atoms with E-state index in [0.29, 0.717) is 11.4 Å². The van der Waals surface area contributed by atoms with Crippen molar-refractivity contribution in [3.05, 3.63) is 23.0 Å². The summed E-state index contributed by atoms with van der Waals surface area (Å²) in [5, 5.41) is 0.0530. The largest absolute Gasteiger partial charge is 0.488 e. The molecule has 2 rings (SSSR count). The van der Waals surface area contributed by atoms with Gasteiger partial charge in [0, 0.05) is 12.1 Å². The lowest BCUT2D eigenvalue weighted by Crippen LogP contribution is -2.12. The Hall–Kier alpha value is -0.960. The van der Waals surface area contributed by atoms with Crippen LogP contribution in [-0.4, -0.2) is 6.10 Å². The zero-order chi connectivity index (χ0) is 10.8. The van der Waals surface area contributed by atoms with E-state index in [0.717, 1.165) is 12.8 Å². The first-order valence-electron chi connectivity index (χ1n) is 5.08. The van der Waals surface area contributed by atoms with Gasteiger partial charge in [-0.25, -0.2) is 4.39 Å². The van der Waals surface area contributed by atoms with Gasteiger partial charge >= 0.3 is 0 Å². The maximum atomic E-state index is 13.0. The summed E-state index contributed by atoms with van der Waals surface area (Å²) in [6, 6.07) is 2.65. The van der Waals surface area contributed by atoms with Crippen LogP contribution in [0, 0.1) is 5.82 Å². The van der Waals surface area contributed by atoms with E-state index in [1.807, 2.05) is 0 Å². The van der Waals surface area contributed by atoms with E-state index < -0.39 is 5.82 Å². The van der Waals surface area contributed by atoms with Crippen LogP contribution in [0.2, 0.25) is 5.02 Å². The summed E-state index contributed by atoms with van der Waals surface area (Å²) in [7, 11) is 0. The average molecular weight is 230 g/mol. The summed E-state index contributed by atoms with van der Waals surface area (Å²) >= 11 is 5.66. The fraction of sp³-hybridized carbons (Fsp3) is 0.455. The molecule has 0 saturated heterocycles. The van der Waals surface area contributed by atoms with Crippen molar-refractivity contribution in [2.24, 2.45) is 0 Å². The van der Waals surface area contributed by atoms with Crippen LogP contribution in [0.1, 0.15) is 25.7 Å². The van der Waals surface area contributed by atoms with Gasteiger partial charge in [-0.1, -0.05) is 11.6 Å². The summed E-state index contributed by atoms with van der Waals surface area (Å²) in [5.41, 5.74) is 5.95. The van der Waals surface area contributed by atoms with Gasteiger partial charge in [-0.2, -0.15) is 0 Å². The van der Waals surface area contributed by atoms with Crippen LogP contribution in [0.25, 0.3) is 0 Å². The molecule has 1 aromatic rings. The predicted molar refractivity (Wildman–Crippen MR) is 58.7 cm³/mol. The molecule has 0 unspecified atom stereocenters. The topological polar surface area (TPSA) is 35.2 Å². The van der Waals surface area contributed by atoms with Crippen LogP contribution in [0.5, 0.6) is 5.75 Å². The van der Waals surface area contributed by atoms with Crippen LogP contribution in [0.4, 0.5) is 10.1 Å². The minimum Gasteiger partial charge on any atom is -0.488 e. The maximum absolute atomic E-state index is 13.0. The number of ether oxygens (including phenoxy) is 1. The fourth-order valence-corrected chi connectivity index (χ4v) is 1.99. The van der Waals surface area contributed by atoms with Gasteiger partial charge < -0.3 is 10.5 Å². The molecule has 15 heavy (non-hydrogen) atoms. The molecule has 1 aromatic carbocycles. The Morgan fingerprint density at radius 3 is 2.67 bits per heavy atom. The SMILES string of the molecule is Nc1cc(F)c(Cl)cc1OC1CCCC1. The molecule has 2 nitrogen and oxygen atoms in total. The van der Waals surface area contributed by atoms with Gasteiger partial charge in [0.25, 0.3) is 0 Å². The van der Waals surface area contributed by atoms with Crippen molar-refractivity contribution in [3.8, 4) is 5.75 Å². The minimum atomic E-state index is -0.507. The van der Waals surface area contributed by atoms with Gasteiger partial charge in [0.1, 0.15) is 11.6 Å². The quantitative estimate of drug-likeness (QED) is 0.789. The van der Waals surface area contributed by atoms with E-state index in [4.69, 9.17) is 22.1 Å². The summed E-state index contributed by atoms with van der Waals surface area (Å²) < 4.78 is 18.7. The lowest BCUT2D eigenvalue weighted by atomic mass is 10.2. The molecular weight excluding hydrogens is 217 g/mol. The summed E-state index contributed by atoms with van der Waals surface area (Å²) in [6.07, 6.45) is 4.64. The predicted octanol–water partition coefficient (Wildman–Crippen LogP) is 3.38. The third kappa shape index (κ3) is 2.34. The first-order chi connectivity index (χ1) is 7.16. The number of rotatable bonds is 2. The molecule has 2 N–H and O–H groups in total. The van der Waals surface area contributed by atoms with Crippen LogP contribution in [-0.2, 0) is 0 Å². The van der Waals surface area contributed by atoms with Gasteiger partial charge in [-0.3, -0.25) is 0 Å². The molecule has 4 heteroatoms. The van der Waals surface area contributed by atoms with Crippen LogP contribution in [0.3, 0.4) is 0 Å². The Kier molecular flexibility index (Phi) is 3.00. The van der Waals surface area contributed by atoms with Crippen LogP contribution in [0.15, 0.2) is 12.1 Å². The second-order valence-electron chi connectivity index (χ2n) is 3.83. The Balaban J connectivity index is 2.16. The molecule has 1 fully saturated rings.